The molecule has 3 aromatic heterocycles. The zero-order chi connectivity index (χ0) is 15.0. The minimum absolute atomic E-state index is 0.0286. The van der Waals surface area contributed by atoms with Gasteiger partial charge in [0.05, 0.1) is 23.4 Å². The van der Waals surface area contributed by atoms with Gasteiger partial charge in [-0.15, -0.1) is 22.9 Å². The van der Waals surface area contributed by atoms with Crippen molar-refractivity contribution in [2.45, 2.75) is 18.8 Å². The van der Waals surface area contributed by atoms with Crippen LogP contribution in [0.25, 0.3) is 11.2 Å². The molecule has 0 radical (unpaired) electrons. The van der Waals surface area contributed by atoms with Crippen molar-refractivity contribution in [2.75, 3.05) is 7.11 Å². The first kappa shape index (κ1) is 14.6. The highest BCUT2D eigenvalue weighted by molar-refractivity contribution is 7.16. The third-order valence-electron chi connectivity index (χ3n) is 3.22. The second kappa shape index (κ2) is 5.79. The lowest BCUT2D eigenvalue weighted by atomic mass is 10.2. The Bertz CT molecular complexity index is 786. The predicted molar refractivity (Wildman–Crippen MR) is 84.6 cm³/mol. The van der Waals surface area contributed by atoms with Gasteiger partial charge < -0.3 is 9.30 Å². The van der Waals surface area contributed by atoms with Gasteiger partial charge in [-0.1, -0.05) is 11.6 Å². The zero-order valence-electron chi connectivity index (χ0n) is 11.4. The summed E-state index contributed by atoms with van der Waals surface area (Å²) in [6.07, 6.45) is 1.46. The summed E-state index contributed by atoms with van der Waals surface area (Å²) in [7, 11) is 1.56. The van der Waals surface area contributed by atoms with Crippen LogP contribution in [0, 0.1) is 0 Å². The third-order valence-corrected chi connectivity index (χ3v) is 4.86. The first-order valence-corrected chi connectivity index (χ1v) is 7.95. The Morgan fingerprint density at radius 2 is 2.19 bits per heavy atom. The molecule has 0 saturated heterocycles. The summed E-state index contributed by atoms with van der Waals surface area (Å²) in [5.41, 5.74) is 1.32. The molecule has 0 saturated carbocycles. The molecule has 0 aliphatic heterocycles. The highest BCUT2D eigenvalue weighted by atomic mass is 35.5. The lowest BCUT2D eigenvalue weighted by molar-refractivity contribution is 0.401. The molecule has 0 spiro atoms. The van der Waals surface area contributed by atoms with Crippen LogP contribution in [0.3, 0.4) is 0 Å². The van der Waals surface area contributed by atoms with Crippen LogP contribution in [0.1, 0.15) is 23.7 Å². The van der Waals surface area contributed by atoms with Crippen molar-refractivity contribution < 1.29 is 4.74 Å². The summed E-state index contributed by atoms with van der Waals surface area (Å²) in [4.78, 5) is 14.0. The van der Waals surface area contributed by atoms with Crippen LogP contribution in [0.15, 0.2) is 18.5 Å². The molecular weight excluding hydrogens is 331 g/mol. The number of rotatable bonds is 4. The largest absolute Gasteiger partial charge is 0.479 e. The Kier molecular flexibility index (Phi) is 4.01. The number of hydrogen-bond donors (Lipinski definition) is 0. The van der Waals surface area contributed by atoms with Crippen LogP contribution in [0.5, 0.6) is 5.88 Å². The van der Waals surface area contributed by atoms with Crippen LogP contribution < -0.4 is 4.74 Å². The van der Waals surface area contributed by atoms with E-state index in [-0.39, 0.29) is 11.9 Å². The highest BCUT2D eigenvalue weighted by Crippen LogP contribution is 2.33. The number of aromatic nitrogens is 4. The fraction of sp³-hybridized carbons (Fsp3) is 0.308. The van der Waals surface area contributed by atoms with Gasteiger partial charge in [-0.05, 0) is 19.1 Å². The fourth-order valence-corrected chi connectivity index (χ4v) is 3.56. The SMILES string of the molecule is COc1ncnc2c1nc(CCl)n2C(C)c1ccc(Cl)s1. The standard InChI is InChI=1S/C13H12Cl2N4OS/c1-7(8-3-4-9(15)21-8)19-10(5-14)18-11-12(19)16-6-17-13(11)20-2/h3-4,6-7H,5H2,1-2H3. The Labute approximate surface area is 135 Å². The normalized spacial score (nSPS) is 12.8. The van der Waals surface area contributed by atoms with Crippen molar-refractivity contribution in [3.05, 3.63) is 33.5 Å². The minimum atomic E-state index is 0.0286. The number of halogens is 2. The van der Waals surface area contributed by atoms with Gasteiger partial charge in [-0.2, -0.15) is 4.98 Å². The number of methoxy groups -OCH3 is 1. The number of alkyl halides is 1. The van der Waals surface area contributed by atoms with Gasteiger partial charge in [0.25, 0.3) is 0 Å². The first-order chi connectivity index (χ1) is 10.2. The van der Waals surface area contributed by atoms with E-state index in [0.29, 0.717) is 17.0 Å². The van der Waals surface area contributed by atoms with Gasteiger partial charge in [0.2, 0.25) is 5.88 Å². The maximum Gasteiger partial charge on any atom is 0.245 e. The second-order valence-corrected chi connectivity index (χ2v) is 6.42. The molecule has 3 heterocycles. The number of hydrogen-bond acceptors (Lipinski definition) is 5. The molecule has 0 N–H and O–H groups in total. The minimum Gasteiger partial charge on any atom is -0.479 e. The van der Waals surface area contributed by atoms with Crippen molar-refractivity contribution in [2.24, 2.45) is 0 Å². The van der Waals surface area contributed by atoms with Gasteiger partial charge in [0.1, 0.15) is 12.2 Å². The van der Waals surface area contributed by atoms with Gasteiger partial charge in [-0.3, -0.25) is 0 Å². The van der Waals surface area contributed by atoms with Gasteiger partial charge >= 0.3 is 0 Å². The Balaban J connectivity index is 2.21. The van der Waals surface area contributed by atoms with E-state index in [9.17, 15) is 0 Å². The average molecular weight is 343 g/mol. The molecule has 110 valence electrons. The van der Waals surface area contributed by atoms with Gasteiger partial charge in [0.15, 0.2) is 11.2 Å². The van der Waals surface area contributed by atoms with Crippen LogP contribution in [0.2, 0.25) is 4.34 Å². The van der Waals surface area contributed by atoms with Gasteiger partial charge in [-0.25, -0.2) is 9.97 Å². The van der Waals surface area contributed by atoms with Crippen molar-refractivity contribution in [3.8, 4) is 5.88 Å². The lowest BCUT2D eigenvalue weighted by Crippen LogP contribution is -2.09. The number of thiophene rings is 1. The average Bonchev–Trinajstić information content (AvgIpc) is 3.09. The number of fused-ring (bicyclic) bond motifs is 1. The molecule has 0 aromatic carbocycles. The number of nitrogens with zero attached hydrogens (tertiary/aromatic N) is 4. The van der Waals surface area contributed by atoms with E-state index in [0.717, 1.165) is 15.0 Å². The highest BCUT2D eigenvalue weighted by Gasteiger charge is 2.21. The Hall–Kier alpha value is -1.37. The summed E-state index contributed by atoms with van der Waals surface area (Å²) in [6.45, 7) is 2.06. The second-order valence-electron chi connectivity index (χ2n) is 4.40. The topological polar surface area (TPSA) is 52.8 Å². The molecule has 0 amide bonds. The van der Waals surface area contributed by atoms with Crippen molar-refractivity contribution in [1.82, 2.24) is 19.5 Å². The number of imidazole rings is 1. The lowest BCUT2D eigenvalue weighted by Gasteiger charge is -2.14. The van der Waals surface area contributed by atoms with Crippen molar-refractivity contribution in [1.29, 1.82) is 0 Å². The predicted octanol–water partition coefficient (Wildman–Crippen LogP) is 3.90. The summed E-state index contributed by atoms with van der Waals surface area (Å²) in [5, 5.41) is 0. The molecule has 3 aromatic rings. The smallest absolute Gasteiger partial charge is 0.245 e. The summed E-state index contributed by atoms with van der Waals surface area (Å²) in [5.74, 6) is 1.45. The molecule has 1 unspecified atom stereocenters. The maximum atomic E-state index is 6.04. The van der Waals surface area contributed by atoms with E-state index in [1.54, 1.807) is 7.11 Å². The van der Waals surface area contributed by atoms with E-state index < -0.39 is 0 Å². The van der Waals surface area contributed by atoms with Crippen molar-refractivity contribution in [3.63, 3.8) is 0 Å². The van der Waals surface area contributed by atoms with Crippen LogP contribution in [0.4, 0.5) is 0 Å². The molecular formula is C13H12Cl2N4OS. The monoisotopic (exact) mass is 342 g/mol. The van der Waals surface area contributed by atoms with E-state index in [4.69, 9.17) is 27.9 Å². The molecule has 0 aliphatic rings. The summed E-state index contributed by atoms with van der Waals surface area (Å²) >= 11 is 13.6. The molecule has 3 rings (SSSR count). The van der Waals surface area contributed by atoms with E-state index >= 15 is 0 Å². The Morgan fingerprint density at radius 1 is 1.38 bits per heavy atom. The van der Waals surface area contributed by atoms with E-state index in [1.807, 2.05) is 16.7 Å². The fourth-order valence-electron chi connectivity index (χ4n) is 2.26. The van der Waals surface area contributed by atoms with Crippen LogP contribution in [-0.2, 0) is 5.88 Å². The molecule has 8 heteroatoms. The summed E-state index contributed by atoms with van der Waals surface area (Å²) in [6, 6.07) is 3.91. The zero-order valence-corrected chi connectivity index (χ0v) is 13.7. The van der Waals surface area contributed by atoms with Crippen LogP contribution in [-0.4, -0.2) is 26.6 Å². The molecule has 1 atom stereocenters. The first-order valence-electron chi connectivity index (χ1n) is 6.22. The maximum absolute atomic E-state index is 6.04. The Morgan fingerprint density at radius 3 is 2.81 bits per heavy atom. The molecule has 0 fully saturated rings. The third kappa shape index (κ3) is 2.47. The molecule has 0 aliphatic carbocycles. The van der Waals surface area contributed by atoms with Crippen LogP contribution >= 0.6 is 34.5 Å². The summed E-state index contributed by atoms with van der Waals surface area (Å²) < 4.78 is 7.99. The molecule has 0 bridgehead atoms. The van der Waals surface area contributed by atoms with Crippen molar-refractivity contribution >= 4 is 45.7 Å². The van der Waals surface area contributed by atoms with Gasteiger partial charge in [0, 0.05) is 4.88 Å². The molecule has 21 heavy (non-hydrogen) atoms. The number of ether oxygens (including phenoxy) is 1. The molecule has 5 nitrogen and oxygen atoms in total. The van der Waals surface area contributed by atoms with E-state index in [2.05, 4.69) is 21.9 Å². The quantitative estimate of drug-likeness (QED) is 0.674. The van der Waals surface area contributed by atoms with E-state index in [1.165, 1.54) is 17.7 Å².